The zero-order chi connectivity index (χ0) is 13.0. The molecule has 18 heavy (non-hydrogen) atoms. The Morgan fingerprint density at radius 2 is 2.06 bits per heavy atom. The van der Waals surface area contributed by atoms with Gasteiger partial charge in [-0.3, -0.25) is 4.90 Å². The van der Waals surface area contributed by atoms with Crippen molar-refractivity contribution in [2.75, 3.05) is 32.8 Å². The van der Waals surface area contributed by atoms with Crippen molar-refractivity contribution in [1.82, 2.24) is 10.2 Å². The topological polar surface area (TPSA) is 24.5 Å². The highest BCUT2D eigenvalue weighted by Crippen LogP contribution is 2.24. The number of rotatable bonds is 5. The summed E-state index contributed by atoms with van der Waals surface area (Å²) in [6, 6.07) is 0.501. The minimum Gasteiger partial charge on any atom is -0.377 e. The molecule has 0 aromatic rings. The van der Waals surface area contributed by atoms with Crippen LogP contribution in [0.4, 0.5) is 0 Å². The SMILES string of the molecule is CC1CN(CCNC(C)C2CCCO2)CC(C)S1. The van der Waals surface area contributed by atoms with Crippen molar-refractivity contribution >= 4 is 11.8 Å². The van der Waals surface area contributed by atoms with Crippen LogP contribution in [-0.4, -0.2) is 60.3 Å². The lowest BCUT2D eigenvalue weighted by Gasteiger charge is -2.35. The molecule has 2 saturated heterocycles. The highest BCUT2D eigenvalue weighted by molar-refractivity contribution is 8.00. The first kappa shape index (κ1) is 14.6. The molecule has 4 unspecified atom stereocenters. The standard InChI is InChI=1S/C14H28N2OS/c1-11-9-16(10-12(2)18-11)7-6-15-13(3)14-5-4-8-17-14/h11-15H,4-10H2,1-3H3. The number of nitrogens with zero attached hydrogens (tertiary/aromatic N) is 1. The van der Waals surface area contributed by atoms with Gasteiger partial charge in [-0.1, -0.05) is 13.8 Å². The van der Waals surface area contributed by atoms with Crippen molar-refractivity contribution in [1.29, 1.82) is 0 Å². The molecule has 4 heteroatoms. The molecule has 2 fully saturated rings. The molecule has 2 heterocycles. The molecule has 2 aliphatic heterocycles. The molecule has 0 amide bonds. The Morgan fingerprint density at radius 1 is 1.33 bits per heavy atom. The minimum absolute atomic E-state index is 0.444. The minimum atomic E-state index is 0.444. The van der Waals surface area contributed by atoms with E-state index in [0.717, 1.165) is 23.7 Å². The Labute approximate surface area is 116 Å². The summed E-state index contributed by atoms with van der Waals surface area (Å²) >= 11 is 2.12. The van der Waals surface area contributed by atoms with Gasteiger partial charge in [0, 0.05) is 49.3 Å². The van der Waals surface area contributed by atoms with E-state index in [2.05, 4.69) is 42.7 Å². The summed E-state index contributed by atoms with van der Waals surface area (Å²) in [5.74, 6) is 0. The van der Waals surface area contributed by atoms with Gasteiger partial charge in [0.1, 0.15) is 0 Å². The lowest BCUT2D eigenvalue weighted by Crippen LogP contribution is -2.46. The van der Waals surface area contributed by atoms with Crippen molar-refractivity contribution in [3.63, 3.8) is 0 Å². The van der Waals surface area contributed by atoms with Crippen LogP contribution < -0.4 is 5.32 Å². The Bertz CT molecular complexity index is 236. The fraction of sp³-hybridized carbons (Fsp3) is 1.00. The fourth-order valence-electron chi connectivity index (χ4n) is 3.05. The van der Waals surface area contributed by atoms with Crippen molar-refractivity contribution in [2.45, 2.75) is 56.3 Å². The normalized spacial score (nSPS) is 35.8. The van der Waals surface area contributed by atoms with E-state index in [1.807, 2.05) is 0 Å². The zero-order valence-electron chi connectivity index (χ0n) is 12.0. The maximum Gasteiger partial charge on any atom is 0.0726 e. The second-order valence-electron chi connectivity index (χ2n) is 5.81. The molecular weight excluding hydrogens is 244 g/mol. The molecule has 1 N–H and O–H groups in total. The quantitative estimate of drug-likeness (QED) is 0.827. The molecule has 106 valence electrons. The average molecular weight is 272 g/mol. The highest BCUT2D eigenvalue weighted by atomic mass is 32.2. The van der Waals surface area contributed by atoms with Gasteiger partial charge < -0.3 is 10.1 Å². The monoisotopic (exact) mass is 272 g/mol. The third-order valence-electron chi connectivity index (χ3n) is 3.91. The summed E-state index contributed by atoms with van der Waals surface area (Å²) in [4.78, 5) is 2.60. The summed E-state index contributed by atoms with van der Waals surface area (Å²) < 4.78 is 5.71. The first-order chi connectivity index (χ1) is 8.65. The van der Waals surface area contributed by atoms with Crippen LogP contribution in [0.2, 0.25) is 0 Å². The van der Waals surface area contributed by atoms with Crippen LogP contribution in [0, 0.1) is 0 Å². The van der Waals surface area contributed by atoms with E-state index in [1.54, 1.807) is 0 Å². The van der Waals surface area contributed by atoms with E-state index in [-0.39, 0.29) is 0 Å². The molecule has 2 aliphatic rings. The van der Waals surface area contributed by atoms with Gasteiger partial charge in [-0.05, 0) is 19.8 Å². The molecule has 0 aromatic heterocycles. The molecule has 3 nitrogen and oxygen atoms in total. The largest absolute Gasteiger partial charge is 0.377 e. The number of hydrogen-bond acceptors (Lipinski definition) is 4. The molecule has 2 rings (SSSR count). The van der Waals surface area contributed by atoms with Crippen molar-refractivity contribution < 1.29 is 4.74 Å². The van der Waals surface area contributed by atoms with Gasteiger partial charge in [0.2, 0.25) is 0 Å². The van der Waals surface area contributed by atoms with Crippen LogP contribution in [0.1, 0.15) is 33.6 Å². The van der Waals surface area contributed by atoms with Gasteiger partial charge in [-0.2, -0.15) is 11.8 Å². The van der Waals surface area contributed by atoms with E-state index in [0.29, 0.717) is 12.1 Å². The number of ether oxygens (including phenoxy) is 1. The van der Waals surface area contributed by atoms with Gasteiger partial charge in [-0.15, -0.1) is 0 Å². The molecule has 0 saturated carbocycles. The average Bonchev–Trinajstić information content (AvgIpc) is 2.80. The van der Waals surface area contributed by atoms with Crippen molar-refractivity contribution in [3.05, 3.63) is 0 Å². The smallest absolute Gasteiger partial charge is 0.0726 e. The Kier molecular flexibility index (Phi) is 5.80. The highest BCUT2D eigenvalue weighted by Gasteiger charge is 2.24. The Hall–Kier alpha value is 0.230. The van der Waals surface area contributed by atoms with Crippen molar-refractivity contribution in [2.24, 2.45) is 0 Å². The second-order valence-corrected chi connectivity index (χ2v) is 7.69. The van der Waals surface area contributed by atoms with Crippen LogP contribution in [-0.2, 0) is 4.74 Å². The first-order valence-corrected chi connectivity index (χ1v) is 8.32. The maximum atomic E-state index is 5.71. The van der Waals surface area contributed by atoms with Crippen LogP contribution in [0.25, 0.3) is 0 Å². The molecule has 4 atom stereocenters. The number of hydrogen-bond donors (Lipinski definition) is 1. The fourth-order valence-corrected chi connectivity index (χ4v) is 4.43. The number of nitrogens with one attached hydrogen (secondary N) is 1. The van der Waals surface area contributed by atoms with Crippen molar-refractivity contribution in [3.8, 4) is 0 Å². The summed E-state index contributed by atoms with van der Waals surface area (Å²) in [6.07, 6.45) is 2.90. The second kappa shape index (κ2) is 7.13. The summed E-state index contributed by atoms with van der Waals surface area (Å²) in [5, 5.41) is 5.19. The van der Waals surface area contributed by atoms with Crippen LogP contribution >= 0.6 is 11.8 Å². The van der Waals surface area contributed by atoms with E-state index < -0.39 is 0 Å². The summed E-state index contributed by atoms with van der Waals surface area (Å²) in [7, 11) is 0. The maximum absolute atomic E-state index is 5.71. The third-order valence-corrected chi connectivity index (χ3v) is 5.14. The van der Waals surface area contributed by atoms with Gasteiger partial charge in [-0.25, -0.2) is 0 Å². The molecule has 0 aliphatic carbocycles. The third kappa shape index (κ3) is 4.41. The first-order valence-electron chi connectivity index (χ1n) is 7.38. The lowest BCUT2D eigenvalue weighted by molar-refractivity contribution is 0.0826. The molecular formula is C14H28N2OS. The van der Waals surface area contributed by atoms with Gasteiger partial charge >= 0.3 is 0 Å². The predicted octanol–water partition coefficient (Wildman–Crippen LogP) is 1.97. The van der Waals surface area contributed by atoms with E-state index in [9.17, 15) is 0 Å². The Morgan fingerprint density at radius 3 is 2.67 bits per heavy atom. The Balaban J connectivity index is 1.62. The molecule has 0 aromatic carbocycles. The predicted molar refractivity (Wildman–Crippen MR) is 79.4 cm³/mol. The summed E-state index contributed by atoms with van der Waals surface area (Å²) in [6.45, 7) is 12.6. The molecule has 0 bridgehead atoms. The van der Waals surface area contributed by atoms with Gasteiger partial charge in [0.05, 0.1) is 6.10 Å². The molecule has 0 spiro atoms. The van der Waals surface area contributed by atoms with E-state index in [4.69, 9.17) is 4.74 Å². The lowest BCUT2D eigenvalue weighted by atomic mass is 10.1. The number of thioether (sulfide) groups is 1. The molecule has 0 radical (unpaired) electrons. The van der Waals surface area contributed by atoms with Gasteiger partial charge in [0.25, 0.3) is 0 Å². The van der Waals surface area contributed by atoms with E-state index in [1.165, 1.54) is 32.5 Å². The summed E-state index contributed by atoms with van der Waals surface area (Å²) in [5.41, 5.74) is 0. The zero-order valence-corrected chi connectivity index (χ0v) is 12.8. The van der Waals surface area contributed by atoms with Crippen LogP contribution in [0.5, 0.6) is 0 Å². The van der Waals surface area contributed by atoms with Crippen LogP contribution in [0.15, 0.2) is 0 Å². The van der Waals surface area contributed by atoms with Crippen LogP contribution in [0.3, 0.4) is 0 Å². The van der Waals surface area contributed by atoms with E-state index >= 15 is 0 Å². The van der Waals surface area contributed by atoms with Gasteiger partial charge in [0.15, 0.2) is 0 Å².